The summed E-state index contributed by atoms with van der Waals surface area (Å²) in [6.07, 6.45) is 6.58. The number of nitrogens with zero attached hydrogens (tertiary/aromatic N) is 3. The number of rotatable bonds is 4. The highest BCUT2D eigenvalue weighted by molar-refractivity contribution is 7.14. The molecule has 5 rings (SSSR count). The lowest BCUT2D eigenvalue weighted by Gasteiger charge is -2.29. The van der Waals surface area contributed by atoms with Crippen LogP contribution in [-0.4, -0.2) is 38.6 Å². The zero-order chi connectivity index (χ0) is 21.4. The first-order valence-electron chi connectivity index (χ1n) is 10.3. The topological polar surface area (TPSA) is 92.3 Å². The van der Waals surface area contributed by atoms with Gasteiger partial charge in [-0.3, -0.25) is 29.6 Å². The Balaban J connectivity index is 1.34. The third-order valence-electron chi connectivity index (χ3n) is 5.77. The van der Waals surface area contributed by atoms with Gasteiger partial charge in [-0.1, -0.05) is 25.3 Å². The molecule has 31 heavy (non-hydrogen) atoms. The Labute approximate surface area is 183 Å². The van der Waals surface area contributed by atoms with Gasteiger partial charge in [0.25, 0.3) is 17.7 Å². The number of benzene rings is 1. The smallest absolute Gasteiger partial charge is 0.261 e. The van der Waals surface area contributed by atoms with E-state index in [-0.39, 0.29) is 23.8 Å². The van der Waals surface area contributed by atoms with E-state index < -0.39 is 0 Å². The Morgan fingerprint density at radius 2 is 1.81 bits per heavy atom. The molecule has 1 aliphatic heterocycles. The third-order valence-corrected chi connectivity index (χ3v) is 6.53. The minimum absolute atomic E-state index is 0.0428. The second kappa shape index (κ2) is 8.03. The predicted molar refractivity (Wildman–Crippen MR) is 117 cm³/mol. The van der Waals surface area contributed by atoms with Crippen molar-refractivity contribution in [2.45, 2.75) is 38.1 Å². The molecule has 8 heteroatoms. The Morgan fingerprint density at radius 3 is 2.58 bits per heavy atom. The highest BCUT2D eigenvalue weighted by Crippen LogP contribution is 2.32. The molecule has 3 aromatic rings. The van der Waals surface area contributed by atoms with E-state index in [9.17, 15) is 14.4 Å². The number of anilines is 1. The molecular weight excluding hydrogens is 412 g/mol. The van der Waals surface area contributed by atoms with Gasteiger partial charge in [0.05, 0.1) is 16.8 Å². The van der Waals surface area contributed by atoms with E-state index in [2.05, 4.69) is 15.3 Å². The first-order valence-corrected chi connectivity index (χ1v) is 11.2. The van der Waals surface area contributed by atoms with Crippen molar-refractivity contribution in [3.8, 4) is 11.4 Å². The van der Waals surface area contributed by atoms with E-state index in [4.69, 9.17) is 0 Å². The summed E-state index contributed by atoms with van der Waals surface area (Å²) in [5.74, 6) is -0.923. The van der Waals surface area contributed by atoms with Gasteiger partial charge in [-0.15, -0.1) is 11.3 Å². The van der Waals surface area contributed by atoms with Gasteiger partial charge < -0.3 is 0 Å². The van der Waals surface area contributed by atoms with E-state index in [1.807, 2.05) is 23.6 Å². The van der Waals surface area contributed by atoms with Crippen LogP contribution in [0.1, 0.15) is 63.2 Å². The molecule has 1 N–H and O–H groups in total. The largest absolute Gasteiger partial charge is 0.298 e. The fraction of sp³-hybridized carbons (Fsp3) is 0.261. The average Bonchev–Trinajstić information content (AvgIpc) is 3.37. The Bertz CT molecular complexity index is 1170. The van der Waals surface area contributed by atoms with Crippen molar-refractivity contribution < 1.29 is 14.4 Å². The van der Waals surface area contributed by atoms with Crippen LogP contribution in [0.4, 0.5) is 5.13 Å². The summed E-state index contributed by atoms with van der Waals surface area (Å²) in [5.41, 5.74) is 2.40. The zero-order valence-electron chi connectivity index (χ0n) is 16.7. The van der Waals surface area contributed by atoms with Crippen molar-refractivity contribution >= 4 is 34.2 Å². The van der Waals surface area contributed by atoms with Gasteiger partial charge in [0.1, 0.15) is 5.69 Å². The lowest BCUT2D eigenvalue weighted by atomic mass is 9.94. The molecule has 7 nitrogen and oxygen atoms in total. The molecule has 1 aliphatic carbocycles. The second-order valence-corrected chi connectivity index (χ2v) is 8.60. The van der Waals surface area contributed by atoms with Crippen LogP contribution in [-0.2, 0) is 0 Å². The van der Waals surface area contributed by atoms with E-state index >= 15 is 0 Å². The monoisotopic (exact) mass is 432 g/mol. The van der Waals surface area contributed by atoms with Crippen molar-refractivity contribution in [1.29, 1.82) is 0 Å². The fourth-order valence-corrected chi connectivity index (χ4v) is 4.90. The number of imide groups is 1. The lowest BCUT2D eigenvalue weighted by Crippen LogP contribution is -2.40. The van der Waals surface area contributed by atoms with E-state index in [0.717, 1.165) is 37.8 Å². The summed E-state index contributed by atoms with van der Waals surface area (Å²) in [5, 5.41) is 5.04. The molecule has 0 saturated heterocycles. The number of hydrogen-bond acceptors (Lipinski definition) is 6. The predicted octanol–water partition coefficient (Wildman–Crippen LogP) is 4.39. The third kappa shape index (κ3) is 3.63. The lowest BCUT2D eigenvalue weighted by molar-refractivity contribution is 0.0549. The van der Waals surface area contributed by atoms with Crippen LogP contribution in [0.3, 0.4) is 0 Å². The van der Waals surface area contributed by atoms with Crippen molar-refractivity contribution in [1.82, 2.24) is 14.9 Å². The molecule has 1 aromatic carbocycles. The number of hydrogen-bond donors (Lipinski definition) is 1. The van der Waals surface area contributed by atoms with Crippen LogP contribution in [0.15, 0.2) is 48.0 Å². The summed E-state index contributed by atoms with van der Waals surface area (Å²) in [6, 6.07) is 10.2. The van der Waals surface area contributed by atoms with Gasteiger partial charge in [0, 0.05) is 23.2 Å². The molecule has 2 aliphatic rings. The molecule has 2 aromatic heterocycles. The first-order chi connectivity index (χ1) is 15.1. The van der Waals surface area contributed by atoms with Crippen LogP contribution < -0.4 is 5.32 Å². The summed E-state index contributed by atoms with van der Waals surface area (Å²) in [7, 11) is 0. The highest BCUT2D eigenvalue weighted by atomic mass is 32.1. The van der Waals surface area contributed by atoms with E-state index in [0.29, 0.717) is 27.5 Å². The normalized spacial score (nSPS) is 16.5. The molecule has 0 bridgehead atoms. The van der Waals surface area contributed by atoms with Gasteiger partial charge >= 0.3 is 0 Å². The Hall–Kier alpha value is -3.39. The SMILES string of the molecule is O=C(Nc1nc(-c2ccccn2)cs1)c1ccc2c(c1)C(=O)N(C1CCCCC1)C2=O. The van der Waals surface area contributed by atoms with Crippen LogP contribution in [0.2, 0.25) is 0 Å². The number of carbonyl (C=O) groups excluding carboxylic acids is 3. The summed E-state index contributed by atoms with van der Waals surface area (Å²) in [6.45, 7) is 0. The first kappa shape index (κ1) is 19.6. The van der Waals surface area contributed by atoms with Crippen molar-refractivity contribution in [3.63, 3.8) is 0 Å². The minimum Gasteiger partial charge on any atom is -0.298 e. The van der Waals surface area contributed by atoms with Gasteiger partial charge in [-0.2, -0.15) is 0 Å². The molecule has 1 saturated carbocycles. The molecular formula is C23H20N4O3S. The van der Waals surface area contributed by atoms with Gasteiger partial charge in [-0.05, 0) is 43.2 Å². The quantitative estimate of drug-likeness (QED) is 0.618. The van der Waals surface area contributed by atoms with E-state index in [1.165, 1.54) is 22.3 Å². The molecule has 0 atom stereocenters. The molecule has 1 fully saturated rings. The average molecular weight is 433 g/mol. The van der Waals surface area contributed by atoms with Crippen LogP contribution in [0, 0.1) is 0 Å². The molecule has 0 radical (unpaired) electrons. The summed E-state index contributed by atoms with van der Waals surface area (Å²) in [4.78, 5) is 48.6. The Morgan fingerprint density at radius 1 is 1.00 bits per heavy atom. The molecule has 3 heterocycles. The summed E-state index contributed by atoms with van der Waals surface area (Å²) < 4.78 is 0. The van der Waals surface area contributed by atoms with Crippen LogP contribution in [0.25, 0.3) is 11.4 Å². The number of thiazole rings is 1. The van der Waals surface area contributed by atoms with Crippen molar-refractivity contribution in [2.75, 3.05) is 5.32 Å². The number of carbonyl (C=O) groups is 3. The number of amides is 3. The maximum Gasteiger partial charge on any atom is 0.261 e. The molecule has 3 amide bonds. The standard InChI is InChI=1S/C23H20N4O3S/c28-20(26-23-25-19(13-31-23)18-8-4-5-11-24-18)14-9-10-16-17(12-14)22(30)27(21(16)29)15-6-2-1-3-7-15/h4-5,8-13,15H,1-3,6-7H2,(H,25,26,28). The zero-order valence-corrected chi connectivity index (χ0v) is 17.5. The van der Waals surface area contributed by atoms with Crippen molar-refractivity contribution in [3.05, 3.63) is 64.7 Å². The molecule has 0 spiro atoms. The highest BCUT2D eigenvalue weighted by Gasteiger charge is 2.40. The minimum atomic E-state index is -0.374. The van der Waals surface area contributed by atoms with Crippen LogP contribution >= 0.6 is 11.3 Å². The number of nitrogens with one attached hydrogen (secondary N) is 1. The summed E-state index contributed by atoms with van der Waals surface area (Å²) >= 11 is 1.30. The Kier molecular flexibility index (Phi) is 5.07. The van der Waals surface area contributed by atoms with Crippen molar-refractivity contribution in [2.24, 2.45) is 0 Å². The van der Waals surface area contributed by atoms with Gasteiger partial charge in [0.15, 0.2) is 5.13 Å². The number of fused-ring (bicyclic) bond motifs is 1. The fourth-order valence-electron chi connectivity index (χ4n) is 4.20. The molecule has 0 unspecified atom stereocenters. The van der Waals surface area contributed by atoms with E-state index in [1.54, 1.807) is 18.3 Å². The second-order valence-electron chi connectivity index (χ2n) is 7.74. The van der Waals surface area contributed by atoms with Gasteiger partial charge in [0.2, 0.25) is 0 Å². The maximum atomic E-state index is 13.0. The van der Waals surface area contributed by atoms with Crippen LogP contribution in [0.5, 0.6) is 0 Å². The molecule has 156 valence electrons. The van der Waals surface area contributed by atoms with Gasteiger partial charge in [-0.25, -0.2) is 4.98 Å². The number of pyridine rings is 1. The number of aromatic nitrogens is 2. The maximum absolute atomic E-state index is 13.0.